The lowest BCUT2D eigenvalue weighted by molar-refractivity contribution is -0.137. The smallest absolute Gasteiger partial charge is 0.353 e. The zero-order chi connectivity index (χ0) is 17.6. The van der Waals surface area contributed by atoms with E-state index in [2.05, 4.69) is 10.3 Å². The van der Waals surface area contributed by atoms with Crippen LogP contribution in [0.1, 0.15) is 5.56 Å². The minimum Gasteiger partial charge on any atom is -0.353 e. The van der Waals surface area contributed by atoms with E-state index in [1.807, 2.05) is 24.3 Å². The molecular formula is C18H11F3N2OS. The van der Waals surface area contributed by atoms with Crippen LogP contribution < -0.4 is 10.9 Å². The molecule has 7 heteroatoms. The van der Waals surface area contributed by atoms with Gasteiger partial charge in [0, 0.05) is 16.7 Å². The van der Waals surface area contributed by atoms with Gasteiger partial charge in [0.1, 0.15) is 0 Å². The molecule has 0 saturated carbocycles. The molecule has 0 spiro atoms. The average molecular weight is 360 g/mol. The third-order valence-corrected chi connectivity index (χ3v) is 5.04. The zero-order valence-electron chi connectivity index (χ0n) is 12.6. The summed E-state index contributed by atoms with van der Waals surface area (Å²) in [6.07, 6.45) is -3.03. The molecule has 0 bridgehead atoms. The summed E-state index contributed by atoms with van der Waals surface area (Å²) in [6, 6.07) is 12.5. The van der Waals surface area contributed by atoms with Crippen LogP contribution in [0.15, 0.2) is 69.3 Å². The predicted octanol–water partition coefficient (Wildman–Crippen LogP) is 5.27. The zero-order valence-corrected chi connectivity index (χ0v) is 13.5. The minimum atomic E-state index is -4.55. The molecule has 0 saturated heterocycles. The van der Waals surface area contributed by atoms with Gasteiger partial charge in [-0.2, -0.15) is 13.2 Å². The predicted molar refractivity (Wildman–Crippen MR) is 91.3 cm³/mol. The highest BCUT2D eigenvalue weighted by Gasteiger charge is 2.35. The molecule has 0 unspecified atom stereocenters. The Morgan fingerprint density at radius 2 is 1.64 bits per heavy atom. The van der Waals surface area contributed by atoms with E-state index in [0.717, 1.165) is 16.6 Å². The largest absolute Gasteiger partial charge is 0.417 e. The average Bonchev–Trinajstić information content (AvgIpc) is 2.59. The standard InChI is InChI=1S/C18H11F3N2OS/c19-18(20,21)11-6-2-1-5-10(11)15-16-14(9-22-17(15)24)25-13-8-4-3-7-12(13)23-16/h1-9,23H,(H,22,24). The lowest BCUT2D eigenvalue weighted by Crippen LogP contribution is -2.17. The van der Waals surface area contributed by atoms with E-state index in [1.54, 1.807) is 0 Å². The topological polar surface area (TPSA) is 44.9 Å². The first-order valence-corrected chi connectivity index (χ1v) is 8.23. The molecule has 4 rings (SSSR count). The van der Waals surface area contributed by atoms with Crippen LogP contribution in [-0.2, 0) is 6.18 Å². The van der Waals surface area contributed by atoms with Gasteiger partial charge in [0.2, 0.25) is 0 Å². The molecule has 2 heterocycles. The number of aromatic nitrogens is 1. The molecule has 1 aliphatic heterocycles. The fraction of sp³-hybridized carbons (Fsp3) is 0.0556. The van der Waals surface area contributed by atoms with Gasteiger partial charge in [0.05, 0.1) is 27.4 Å². The molecule has 3 aromatic rings. The fourth-order valence-corrected chi connectivity index (χ4v) is 3.82. The molecule has 25 heavy (non-hydrogen) atoms. The number of benzene rings is 2. The Kier molecular flexibility index (Phi) is 3.61. The van der Waals surface area contributed by atoms with Crippen molar-refractivity contribution in [3.8, 4) is 11.1 Å². The van der Waals surface area contributed by atoms with Gasteiger partial charge in [0.15, 0.2) is 0 Å². The maximum atomic E-state index is 13.4. The number of hydrogen-bond acceptors (Lipinski definition) is 3. The highest BCUT2D eigenvalue weighted by Crippen LogP contribution is 2.47. The number of hydrogen-bond donors (Lipinski definition) is 2. The van der Waals surface area contributed by atoms with Gasteiger partial charge >= 0.3 is 6.18 Å². The highest BCUT2D eigenvalue weighted by molar-refractivity contribution is 7.99. The highest BCUT2D eigenvalue weighted by atomic mass is 32.2. The third kappa shape index (κ3) is 2.70. The Labute approximate surface area is 144 Å². The van der Waals surface area contributed by atoms with Gasteiger partial charge in [-0.3, -0.25) is 4.79 Å². The van der Waals surface area contributed by atoms with Crippen LogP contribution in [0.2, 0.25) is 0 Å². The summed E-state index contributed by atoms with van der Waals surface area (Å²) in [6.45, 7) is 0. The van der Waals surface area contributed by atoms with Crippen molar-refractivity contribution in [2.24, 2.45) is 0 Å². The van der Waals surface area contributed by atoms with Crippen molar-refractivity contribution in [3.63, 3.8) is 0 Å². The van der Waals surface area contributed by atoms with Crippen molar-refractivity contribution in [1.82, 2.24) is 4.98 Å². The van der Waals surface area contributed by atoms with E-state index in [1.165, 1.54) is 36.2 Å². The number of H-pyrrole nitrogens is 1. The first-order valence-electron chi connectivity index (χ1n) is 7.41. The van der Waals surface area contributed by atoms with Crippen LogP contribution in [-0.4, -0.2) is 4.98 Å². The summed E-state index contributed by atoms with van der Waals surface area (Å²) in [5.74, 6) is 0. The Bertz CT molecular complexity index is 1030. The van der Waals surface area contributed by atoms with Gasteiger partial charge in [-0.15, -0.1) is 0 Å². The summed E-state index contributed by atoms with van der Waals surface area (Å²) >= 11 is 1.40. The van der Waals surface area contributed by atoms with E-state index < -0.39 is 17.3 Å². The van der Waals surface area contributed by atoms with Gasteiger partial charge in [-0.25, -0.2) is 0 Å². The lowest BCUT2D eigenvalue weighted by atomic mass is 9.99. The van der Waals surface area contributed by atoms with Gasteiger partial charge in [-0.05, 0) is 18.2 Å². The Morgan fingerprint density at radius 1 is 0.920 bits per heavy atom. The summed E-state index contributed by atoms with van der Waals surface area (Å²) in [5, 5.41) is 3.12. The lowest BCUT2D eigenvalue weighted by Gasteiger charge is -2.23. The van der Waals surface area contributed by atoms with Crippen molar-refractivity contribution < 1.29 is 13.2 Å². The quantitative estimate of drug-likeness (QED) is 0.486. The summed E-state index contributed by atoms with van der Waals surface area (Å²) in [5.41, 5.74) is -0.393. The maximum absolute atomic E-state index is 13.4. The van der Waals surface area contributed by atoms with Crippen LogP contribution in [0.4, 0.5) is 24.5 Å². The van der Waals surface area contributed by atoms with Crippen molar-refractivity contribution in [1.29, 1.82) is 0 Å². The second-order valence-corrected chi connectivity index (χ2v) is 6.58. The monoisotopic (exact) mass is 360 g/mol. The molecule has 0 atom stereocenters. The van der Waals surface area contributed by atoms with Crippen molar-refractivity contribution in [3.05, 3.63) is 70.6 Å². The number of alkyl halides is 3. The number of halogens is 3. The van der Waals surface area contributed by atoms with Gasteiger partial charge < -0.3 is 10.3 Å². The number of para-hydroxylation sites is 1. The van der Waals surface area contributed by atoms with Crippen LogP contribution >= 0.6 is 11.8 Å². The number of rotatable bonds is 1. The molecule has 0 radical (unpaired) electrons. The van der Waals surface area contributed by atoms with Crippen LogP contribution in [0, 0.1) is 0 Å². The normalized spacial score (nSPS) is 12.9. The minimum absolute atomic E-state index is 0.00701. The van der Waals surface area contributed by atoms with Crippen LogP contribution in [0.25, 0.3) is 11.1 Å². The molecule has 1 aliphatic rings. The third-order valence-electron chi connectivity index (χ3n) is 3.93. The summed E-state index contributed by atoms with van der Waals surface area (Å²) < 4.78 is 40.2. The molecule has 0 fully saturated rings. The molecule has 126 valence electrons. The summed E-state index contributed by atoms with van der Waals surface area (Å²) in [4.78, 5) is 16.6. The van der Waals surface area contributed by atoms with Crippen molar-refractivity contribution in [2.75, 3.05) is 5.32 Å². The number of nitrogens with one attached hydrogen (secondary N) is 2. The van der Waals surface area contributed by atoms with E-state index in [-0.39, 0.29) is 11.1 Å². The van der Waals surface area contributed by atoms with Gasteiger partial charge in [0.25, 0.3) is 5.56 Å². The van der Waals surface area contributed by atoms with E-state index in [9.17, 15) is 18.0 Å². The second-order valence-electron chi connectivity index (χ2n) is 5.50. The number of anilines is 2. The fourth-order valence-electron chi connectivity index (χ4n) is 2.83. The molecule has 2 N–H and O–H groups in total. The Morgan fingerprint density at radius 3 is 2.44 bits per heavy atom. The van der Waals surface area contributed by atoms with E-state index in [0.29, 0.717) is 10.6 Å². The number of pyridine rings is 1. The SMILES string of the molecule is O=c1[nH]cc2c(c1-c1ccccc1C(F)(F)F)Nc1ccccc1S2. The number of aromatic amines is 1. The van der Waals surface area contributed by atoms with Crippen LogP contribution in [0.5, 0.6) is 0 Å². The summed E-state index contributed by atoms with van der Waals surface area (Å²) in [7, 11) is 0. The molecule has 3 nitrogen and oxygen atoms in total. The second kappa shape index (κ2) is 5.70. The maximum Gasteiger partial charge on any atom is 0.417 e. The van der Waals surface area contributed by atoms with Crippen molar-refractivity contribution in [2.45, 2.75) is 16.0 Å². The van der Waals surface area contributed by atoms with E-state index >= 15 is 0 Å². The Hall–Kier alpha value is -2.67. The molecular weight excluding hydrogens is 349 g/mol. The molecule has 1 aromatic heterocycles. The first kappa shape index (κ1) is 15.8. The Balaban J connectivity index is 1.97. The molecule has 0 amide bonds. The molecule has 2 aromatic carbocycles. The van der Waals surface area contributed by atoms with Crippen LogP contribution in [0.3, 0.4) is 0 Å². The van der Waals surface area contributed by atoms with Crippen molar-refractivity contribution >= 4 is 23.1 Å². The van der Waals surface area contributed by atoms with Gasteiger partial charge in [-0.1, -0.05) is 42.1 Å². The first-order chi connectivity index (χ1) is 11.9. The van der Waals surface area contributed by atoms with E-state index in [4.69, 9.17) is 0 Å². The molecule has 0 aliphatic carbocycles. The number of fused-ring (bicyclic) bond motifs is 2.